The minimum Gasteiger partial charge on any atom is -0.449 e. The van der Waals surface area contributed by atoms with Gasteiger partial charge in [-0.2, -0.15) is 0 Å². The van der Waals surface area contributed by atoms with Gasteiger partial charge in [-0.15, -0.1) is 0 Å². The Balaban J connectivity index is 3.37. The summed E-state index contributed by atoms with van der Waals surface area (Å²) < 4.78 is 5.12. The number of carbonyl (C=O) groups is 1. The molecule has 0 fully saturated rings. The summed E-state index contributed by atoms with van der Waals surface area (Å²) in [6.45, 7) is 4.50. The smallest absolute Gasteiger partial charge is 0.409 e. The van der Waals surface area contributed by atoms with E-state index in [1.165, 1.54) is 19.3 Å². The van der Waals surface area contributed by atoms with Crippen LogP contribution < -0.4 is 5.32 Å². The number of carbonyl (C=O) groups excluding carboxylic acids is 1. The van der Waals surface area contributed by atoms with Crippen molar-refractivity contribution in [1.29, 1.82) is 0 Å². The van der Waals surface area contributed by atoms with Crippen LogP contribution in [-0.4, -0.2) is 44.8 Å². The van der Waals surface area contributed by atoms with Crippen molar-refractivity contribution in [3.05, 3.63) is 0 Å². The number of nitrogens with zero attached hydrogens (tertiary/aromatic N) is 1. The van der Waals surface area contributed by atoms with E-state index in [0.29, 0.717) is 6.61 Å². The molecule has 1 amide bonds. The molecule has 0 aromatic carbocycles. The van der Waals surface area contributed by atoms with E-state index in [1.54, 1.807) is 4.90 Å². The van der Waals surface area contributed by atoms with Gasteiger partial charge in [0.15, 0.2) is 0 Å². The normalized spacial score (nSPS) is 10.3. The van der Waals surface area contributed by atoms with Crippen LogP contribution in [0.25, 0.3) is 0 Å². The lowest BCUT2D eigenvalue weighted by Gasteiger charge is -2.16. The fraction of sp³-hybridized carbons (Fsp3) is 0.923. The van der Waals surface area contributed by atoms with E-state index in [4.69, 9.17) is 4.74 Å². The van der Waals surface area contributed by atoms with Crippen LogP contribution in [0.15, 0.2) is 0 Å². The number of nitrogens with one attached hydrogen (secondary N) is 1. The Hall–Kier alpha value is -0.770. The third kappa shape index (κ3) is 10.1. The van der Waals surface area contributed by atoms with Gasteiger partial charge in [0.05, 0.1) is 6.61 Å². The van der Waals surface area contributed by atoms with Crippen molar-refractivity contribution in [2.45, 2.75) is 45.4 Å². The molecular formula is C13H28N2O2. The average molecular weight is 244 g/mol. The molecule has 0 heterocycles. The fourth-order valence-electron chi connectivity index (χ4n) is 1.51. The topological polar surface area (TPSA) is 41.6 Å². The van der Waals surface area contributed by atoms with Crippen LogP contribution in [0.2, 0.25) is 0 Å². The largest absolute Gasteiger partial charge is 0.449 e. The van der Waals surface area contributed by atoms with Crippen LogP contribution in [0.4, 0.5) is 4.79 Å². The second-order valence-corrected chi connectivity index (χ2v) is 4.41. The van der Waals surface area contributed by atoms with Gasteiger partial charge in [0.1, 0.15) is 0 Å². The highest BCUT2D eigenvalue weighted by Gasteiger charge is 2.08. The summed E-state index contributed by atoms with van der Waals surface area (Å²) in [4.78, 5) is 13.2. The molecule has 0 saturated carbocycles. The number of unbranched alkanes of at least 4 members (excludes halogenated alkanes) is 4. The Morgan fingerprint density at radius 2 is 1.88 bits per heavy atom. The molecule has 4 heteroatoms. The molecule has 4 nitrogen and oxygen atoms in total. The van der Waals surface area contributed by atoms with Crippen LogP contribution in [-0.2, 0) is 4.74 Å². The van der Waals surface area contributed by atoms with Crippen molar-refractivity contribution in [2.75, 3.05) is 33.8 Å². The zero-order valence-corrected chi connectivity index (χ0v) is 11.6. The van der Waals surface area contributed by atoms with Crippen molar-refractivity contribution in [2.24, 2.45) is 0 Å². The molecule has 17 heavy (non-hydrogen) atoms. The predicted molar refractivity (Wildman–Crippen MR) is 71.3 cm³/mol. The van der Waals surface area contributed by atoms with E-state index in [0.717, 1.165) is 32.4 Å². The molecule has 0 atom stereocenters. The van der Waals surface area contributed by atoms with Crippen LogP contribution >= 0.6 is 0 Å². The number of hydrogen-bond acceptors (Lipinski definition) is 3. The molecule has 0 bridgehead atoms. The Bertz CT molecular complexity index is 186. The van der Waals surface area contributed by atoms with Crippen molar-refractivity contribution in [3.8, 4) is 0 Å². The van der Waals surface area contributed by atoms with Crippen LogP contribution in [0.5, 0.6) is 0 Å². The number of amides is 1. The SMILES string of the molecule is CCCCOC(=O)N(C)CCCCCCNC. The number of ether oxygens (including phenoxy) is 1. The second-order valence-electron chi connectivity index (χ2n) is 4.41. The molecule has 0 unspecified atom stereocenters. The van der Waals surface area contributed by atoms with Gasteiger partial charge in [-0.1, -0.05) is 26.2 Å². The highest BCUT2D eigenvalue weighted by Crippen LogP contribution is 2.02. The summed E-state index contributed by atoms with van der Waals surface area (Å²) >= 11 is 0. The predicted octanol–water partition coefficient (Wildman–Crippen LogP) is 2.63. The lowest BCUT2D eigenvalue weighted by molar-refractivity contribution is 0.109. The van der Waals surface area contributed by atoms with Gasteiger partial charge >= 0.3 is 6.09 Å². The Morgan fingerprint density at radius 1 is 1.18 bits per heavy atom. The second kappa shape index (κ2) is 11.7. The molecule has 0 rings (SSSR count). The van der Waals surface area contributed by atoms with Crippen molar-refractivity contribution in [3.63, 3.8) is 0 Å². The monoisotopic (exact) mass is 244 g/mol. The summed E-state index contributed by atoms with van der Waals surface area (Å²) in [6, 6.07) is 0. The summed E-state index contributed by atoms with van der Waals surface area (Å²) in [5.74, 6) is 0. The van der Waals surface area contributed by atoms with Crippen LogP contribution in [0.1, 0.15) is 45.4 Å². The van der Waals surface area contributed by atoms with E-state index in [2.05, 4.69) is 12.2 Å². The molecule has 0 aromatic rings. The average Bonchev–Trinajstić information content (AvgIpc) is 2.33. The summed E-state index contributed by atoms with van der Waals surface area (Å²) in [6.07, 6.45) is 6.48. The molecule has 1 N–H and O–H groups in total. The zero-order chi connectivity index (χ0) is 12.9. The maximum absolute atomic E-state index is 11.5. The zero-order valence-electron chi connectivity index (χ0n) is 11.6. The highest BCUT2D eigenvalue weighted by molar-refractivity contribution is 5.67. The Labute approximate surface area is 106 Å². The summed E-state index contributed by atoms with van der Waals surface area (Å²) in [5, 5.41) is 3.13. The molecule has 0 aliphatic heterocycles. The van der Waals surface area contributed by atoms with Gasteiger partial charge in [0.25, 0.3) is 0 Å². The molecule has 102 valence electrons. The van der Waals surface area contributed by atoms with E-state index in [9.17, 15) is 4.79 Å². The summed E-state index contributed by atoms with van der Waals surface area (Å²) in [5.41, 5.74) is 0. The molecular weight excluding hydrogens is 216 g/mol. The molecule has 0 aliphatic carbocycles. The number of rotatable bonds is 10. The van der Waals surface area contributed by atoms with E-state index in [-0.39, 0.29) is 6.09 Å². The van der Waals surface area contributed by atoms with E-state index in [1.807, 2.05) is 14.1 Å². The van der Waals surface area contributed by atoms with Gasteiger partial charge in [-0.3, -0.25) is 0 Å². The van der Waals surface area contributed by atoms with E-state index >= 15 is 0 Å². The molecule has 0 aliphatic rings. The Morgan fingerprint density at radius 3 is 2.53 bits per heavy atom. The summed E-state index contributed by atoms with van der Waals surface area (Å²) in [7, 11) is 3.78. The fourth-order valence-corrected chi connectivity index (χ4v) is 1.51. The quantitative estimate of drug-likeness (QED) is 0.601. The van der Waals surface area contributed by atoms with E-state index < -0.39 is 0 Å². The standard InChI is InChI=1S/C13H28N2O2/c1-4-5-12-17-13(16)15(3)11-9-7-6-8-10-14-2/h14H,4-12H2,1-3H3. The molecule has 0 saturated heterocycles. The minimum atomic E-state index is -0.186. The molecule has 0 radical (unpaired) electrons. The van der Waals surface area contributed by atoms with Gasteiger partial charge in [0.2, 0.25) is 0 Å². The highest BCUT2D eigenvalue weighted by atomic mass is 16.6. The van der Waals surface area contributed by atoms with Crippen molar-refractivity contribution in [1.82, 2.24) is 10.2 Å². The third-order valence-corrected chi connectivity index (χ3v) is 2.71. The maximum Gasteiger partial charge on any atom is 0.409 e. The van der Waals surface area contributed by atoms with Gasteiger partial charge in [-0.05, 0) is 32.9 Å². The molecule has 0 spiro atoms. The molecule has 0 aromatic heterocycles. The Kier molecular flexibility index (Phi) is 11.2. The van der Waals surface area contributed by atoms with Crippen LogP contribution in [0.3, 0.4) is 0 Å². The van der Waals surface area contributed by atoms with Crippen molar-refractivity contribution < 1.29 is 9.53 Å². The van der Waals surface area contributed by atoms with Gasteiger partial charge in [-0.25, -0.2) is 4.79 Å². The first-order valence-corrected chi connectivity index (χ1v) is 6.74. The number of hydrogen-bond donors (Lipinski definition) is 1. The minimum absolute atomic E-state index is 0.186. The van der Waals surface area contributed by atoms with Crippen LogP contribution in [0, 0.1) is 0 Å². The first-order chi connectivity index (χ1) is 8.22. The lowest BCUT2D eigenvalue weighted by atomic mass is 10.2. The van der Waals surface area contributed by atoms with Gasteiger partial charge in [0, 0.05) is 13.6 Å². The first-order valence-electron chi connectivity index (χ1n) is 6.74. The van der Waals surface area contributed by atoms with Gasteiger partial charge < -0.3 is 15.0 Å². The lowest BCUT2D eigenvalue weighted by Crippen LogP contribution is -2.28. The first kappa shape index (κ1) is 16.2. The van der Waals surface area contributed by atoms with Crippen molar-refractivity contribution >= 4 is 6.09 Å². The third-order valence-electron chi connectivity index (χ3n) is 2.71. The maximum atomic E-state index is 11.5.